The van der Waals surface area contributed by atoms with Crippen molar-refractivity contribution in [3.05, 3.63) is 83.9 Å². The molecular formula is C43H50N4O8S. The summed E-state index contributed by atoms with van der Waals surface area (Å²) in [5.74, 6) is 4.54. The van der Waals surface area contributed by atoms with Crippen LogP contribution in [0.1, 0.15) is 36.5 Å². The number of aromatic nitrogens is 1. The predicted octanol–water partition coefficient (Wildman–Crippen LogP) is 7.73. The monoisotopic (exact) mass is 782 g/mol. The molecule has 2 aliphatic rings. The van der Waals surface area contributed by atoms with E-state index in [9.17, 15) is 0 Å². The number of ether oxygens (including phenoxy) is 7. The molecule has 13 heteroatoms. The van der Waals surface area contributed by atoms with E-state index in [-0.39, 0.29) is 6.10 Å². The maximum atomic E-state index is 6.27. The van der Waals surface area contributed by atoms with Crippen molar-refractivity contribution >= 4 is 27.3 Å². The highest BCUT2D eigenvalue weighted by molar-refractivity contribution is 7.21. The molecule has 0 aliphatic carbocycles. The Balaban J connectivity index is 0.832. The van der Waals surface area contributed by atoms with E-state index in [4.69, 9.17) is 43.0 Å². The number of hydrogen-bond donors (Lipinski definition) is 0. The minimum atomic E-state index is -0.260. The van der Waals surface area contributed by atoms with E-state index in [1.54, 1.807) is 46.9 Å². The number of thiazole rings is 1. The number of oxime groups is 1. The van der Waals surface area contributed by atoms with E-state index in [1.807, 2.05) is 66.7 Å². The number of methoxy groups -OCH3 is 5. The highest BCUT2D eigenvalue weighted by Crippen LogP contribution is 2.41. The minimum Gasteiger partial charge on any atom is -0.493 e. The number of hydrogen-bond acceptors (Lipinski definition) is 13. The number of piperazine rings is 1. The Labute approximate surface area is 332 Å². The van der Waals surface area contributed by atoms with Crippen LogP contribution in [0.4, 0.5) is 0 Å². The Hall–Kier alpha value is -5.24. The molecule has 296 valence electrons. The topological polar surface area (TPSA) is 106 Å². The van der Waals surface area contributed by atoms with Crippen LogP contribution in [-0.2, 0) is 4.84 Å². The molecule has 0 N–H and O–H groups in total. The molecule has 1 aromatic heterocycles. The van der Waals surface area contributed by atoms with Crippen molar-refractivity contribution in [2.75, 3.05) is 88.0 Å². The first-order chi connectivity index (χ1) is 27.5. The average molecular weight is 783 g/mol. The van der Waals surface area contributed by atoms with Crippen molar-refractivity contribution in [2.45, 2.75) is 25.4 Å². The van der Waals surface area contributed by atoms with Crippen molar-refractivity contribution in [1.82, 2.24) is 14.8 Å². The maximum absolute atomic E-state index is 6.27. The van der Waals surface area contributed by atoms with E-state index >= 15 is 0 Å². The predicted molar refractivity (Wildman–Crippen MR) is 219 cm³/mol. The van der Waals surface area contributed by atoms with Gasteiger partial charge in [-0.15, -0.1) is 11.3 Å². The molecule has 56 heavy (non-hydrogen) atoms. The first kappa shape index (κ1) is 39.0. The molecule has 3 heterocycles. The third-order valence-corrected chi connectivity index (χ3v) is 11.2. The van der Waals surface area contributed by atoms with Crippen molar-refractivity contribution in [3.8, 4) is 50.8 Å². The Morgan fingerprint density at radius 2 is 1.23 bits per heavy atom. The van der Waals surface area contributed by atoms with Crippen LogP contribution in [-0.4, -0.2) is 109 Å². The highest BCUT2D eigenvalue weighted by Gasteiger charge is 2.27. The van der Waals surface area contributed by atoms with Gasteiger partial charge in [0.25, 0.3) is 0 Å². The van der Waals surface area contributed by atoms with Crippen LogP contribution in [0.25, 0.3) is 20.8 Å². The summed E-state index contributed by atoms with van der Waals surface area (Å²) in [4.78, 5) is 15.7. The van der Waals surface area contributed by atoms with Gasteiger partial charge in [-0.05, 0) is 73.0 Å². The lowest BCUT2D eigenvalue weighted by atomic mass is 9.99. The lowest BCUT2D eigenvalue weighted by molar-refractivity contribution is 0.0854. The first-order valence-electron chi connectivity index (χ1n) is 19.0. The number of benzene rings is 4. The zero-order valence-electron chi connectivity index (χ0n) is 32.7. The quantitative estimate of drug-likeness (QED) is 0.0816. The Morgan fingerprint density at radius 1 is 0.643 bits per heavy atom. The number of para-hydroxylation sites is 1. The zero-order chi connectivity index (χ0) is 38.9. The van der Waals surface area contributed by atoms with Crippen LogP contribution in [0.15, 0.2) is 78.0 Å². The van der Waals surface area contributed by atoms with E-state index in [0.717, 1.165) is 96.5 Å². The van der Waals surface area contributed by atoms with Gasteiger partial charge in [-0.2, -0.15) is 0 Å². The Morgan fingerprint density at radius 3 is 1.84 bits per heavy atom. The van der Waals surface area contributed by atoms with Crippen molar-refractivity contribution in [1.29, 1.82) is 0 Å². The average Bonchev–Trinajstić information content (AvgIpc) is 3.92. The molecular weight excluding hydrogens is 733 g/mol. The zero-order valence-corrected chi connectivity index (χ0v) is 33.6. The molecule has 7 rings (SSSR count). The second kappa shape index (κ2) is 18.6. The van der Waals surface area contributed by atoms with Crippen LogP contribution < -0.4 is 33.2 Å². The largest absolute Gasteiger partial charge is 0.493 e. The molecule has 12 nitrogen and oxygen atoms in total. The van der Waals surface area contributed by atoms with Crippen LogP contribution >= 0.6 is 11.3 Å². The van der Waals surface area contributed by atoms with Gasteiger partial charge in [-0.3, -0.25) is 0 Å². The fraction of sp³-hybridized carbons (Fsp3) is 0.395. The number of fused-ring (bicyclic) bond motifs is 1. The van der Waals surface area contributed by atoms with Gasteiger partial charge in [0.1, 0.15) is 5.01 Å². The van der Waals surface area contributed by atoms with Crippen molar-refractivity contribution in [3.63, 3.8) is 0 Å². The molecule has 0 bridgehead atoms. The Bertz CT molecular complexity index is 2060. The summed E-state index contributed by atoms with van der Waals surface area (Å²) in [6.07, 6.45) is 2.17. The smallest absolute Gasteiger partial charge is 0.203 e. The van der Waals surface area contributed by atoms with Gasteiger partial charge in [0.15, 0.2) is 40.6 Å². The van der Waals surface area contributed by atoms with Crippen LogP contribution in [0.3, 0.4) is 0 Å². The highest BCUT2D eigenvalue weighted by atomic mass is 32.1. The second-order valence-corrected chi connectivity index (χ2v) is 14.6. The van der Waals surface area contributed by atoms with Gasteiger partial charge >= 0.3 is 0 Å². The lowest BCUT2D eigenvalue weighted by Crippen LogP contribution is -2.47. The SMILES string of the molecule is COc1ccc(-c2nc3ccccc3s2)cc1OCCCN1CCN(CCCOc2cc(C3CC(c4cc(OC)c(OC)c(OC)c4)=NO3)ccc2OC)CC1. The fourth-order valence-corrected chi connectivity index (χ4v) is 8.04. The summed E-state index contributed by atoms with van der Waals surface area (Å²) < 4.78 is 41.5. The van der Waals surface area contributed by atoms with Crippen molar-refractivity contribution < 1.29 is 38.0 Å². The van der Waals surface area contributed by atoms with Gasteiger partial charge in [-0.25, -0.2) is 4.98 Å². The molecule has 1 saturated heterocycles. The summed E-state index contributed by atoms with van der Waals surface area (Å²) in [5.41, 5.74) is 4.66. The van der Waals surface area contributed by atoms with Gasteiger partial charge in [0, 0.05) is 56.8 Å². The summed E-state index contributed by atoms with van der Waals surface area (Å²) in [6, 6.07) is 23.9. The minimum absolute atomic E-state index is 0.260. The fourth-order valence-electron chi connectivity index (χ4n) is 7.08. The molecule has 0 spiro atoms. The molecule has 2 aliphatic heterocycles. The van der Waals surface area contributed by atoms with Crippen LogP contribution in [0.2, 0.25) is 0 Å². The molecule has 1 unspecified atom stereocenters. The molecule has 5 aromatic rings. The third kappa shape index (κ3) is 9.07. The van der Waals surface area contributed by atoms with Gasteiger partial charge < -0.3 is 47.8 Å². The summed E-state index contributed by atoms with van der Waals surface area (Å²) in [7, 11) is 8.12. The lowest BCUT2D eigenvalue weighted by Gasteiger charge is -2.34. The molecule has 0 saturated carbocycles. The summed E-state index contributed by atoms with van der Waals surface area (Å²) in [5, 5.41) is 5.38. The van der Waals surface area contributed by atoms with E-state index in [0.29, 0.717) is 48.4 Å². The Kier molecular flexibility index (Phi) is 13.0. The normalized spacial score (nSPS) is 15.9. The summed E-state index contributed by atoms with van der Waals surface area (Å²) >= 11 is 1.69. The van der Waals surface area contributed by atoms with Gasteiger partial charge in [0.05, 0.1) is 64.7 Å². The first-order valence-corrected chi connectivity index (χ1v) is 19.8. The number of rotatable bonds is 18. The molecule has 0 radical (unpaired) electrons. The molecule has 1 atom stereocenters. The maximum Gasteiger partial charge on any atom is 0.203 e. The van der Waals surface area contributed by atoms with Gasteiger partial charge in [0.2, 0.25) is 5.75 Å². The summed E-state index contributed by atoms with van der Waals surface area (Å²) in [6.45, 7) is 7.31. The molecule has 1 fully saturated rings. The second-order valence-electron chi connectivity index (χ2n) is 13.6. The van der Waals surface area contributed by atoms with E-state index < -0.39 is 0 Å². The van der Waals surface area contributed by atoms with E-state index in [1.165, 1.54) is 4.70 Å². The number of nitrogens with zero attached hydrogens (tertiary/aromatic N) is 4. The van der Waals surface area contributed by atoms with Gasteiger partial charge in [-0.1, -0.05) is 23.4 Å². The standard InChI is InChI=1S/C43H50N4O8S/c1-48-34-14-12-29(36-28-33(45-55-36)31-26-39(50-3)42(52-5)40(27-31)51-4)24-37(34)53-22-8-16-46-18-20-47(21-19-46)17-9-23-54-38-25-30(13-15-35(38)49-2)43-44-32-10-6-7-11-41(32)56-43/h6-7,10-15,24-27,36H,8-9,16-23,28H2,1-5H3. The van der Waals surface area contributed by atoms with Crippen LogP contribution in [0.5, 0.6) is 40.2 Å². The van der Waals surface area contributed by atoms with Crippen LogP contribution in [0, 0.1) is 0 Å². The molecule has 4 aromatic carbocycles. The van der Waals surface area contributed by atoms with Crippen molar-refractivity contribution in [2.24, 2.45) is 5.16 Å². The van der Waals surface area contributed by atoms with E-state index in [2.05, 4.69) is 21.0 Å². The molecule has 0 amide bonds. The third-order valence-electron chi connectivity index (χ3n) is 10.1.